The minimum Gasteiger partial charge on any atom is -0.443 e. The second-order valence-corrected chi connectivity index (χ2v) is 6.62. The third kappa shape index (κ3) is 3.32. The normalized spacial score (nSPS) is 21.2. The Bertz CT molecular complexity index is 772. The van der Waals surface area contributed by atoms with E-state index in [-0.39, 0.29) is 30.7 Å². The van der Waals surface area contributed by atoms with Gasteiger partial charge in [-0.05, 0) is 5.92 Å². The lowest BCUT2D eigenvalue weighted by Gasteiger charge is -2.29. The van der Waals surface area contributed by atoms with Crippen LogP contribution in [0.25, 0.3) is 11.6 Å². The van der Waals surface area contributed by atoms with Crippen LogP contribution in [0.2, 0.25) is 0 Å². The molecule has 2 unspecified atom stereocenters. The summed E-state index contributed by atoms with van der Waals surface area (Å²) in [4.78, 5) is 30.7. The van der Waals surface area contributed by atoms with Gasteiger partial charge in [-0.2, -0.15) is 0 Å². The first-order chi connectivity index (χ1) is 12.4. The van der Waals surface area contributed by atoms with Gasteiger partial charge in [0.2, 0.25) is 17.7 Å². The third-order valence-electron chi connectivity index (χ3n) is 4.44. The van der Waals surface area contributed by atoms with Crippen LogP contribution >= 0.6 is 0 Å². The molecule has 0 aliphatic carbocycles. The predicted molar refractivity (Wildman–Crippen MR) is 89.6 cm³/mol. The lowest BCUT2D eigenvalue weighted by atomic mass is 10.0. The number of β-amino-alcohol motifs (C(OH)–C–C–N with tert-alkyl or cyclic N) is 1. The van der Waals surface area contributed by atoms with Crippen molar-refractivity contribution in [1.82, 2.24) is 30.2 Å². The molecule has 0 saturated carbocycles. The van der Waals surface area contributed by atoms with Gasteiger partial charge >= 0.3 is 0 Å². The van der Waals surface area contributed by atoms with Crippen LogP contribution in [0.15, 0.2) is 23.1 Å². The maximum Gasteiger partial charge on any atom is 0.248 e. The summed E-state index contributed by atoms with van der Waals surface area (Å²) >= 11 is 0. The molecule has 1 fully saturated rings. The van der Waals surface area contributed by atoms with Crippen LogP contribution < -0.4 is 5.32 Å². The molecule has 3 atom stereocenters. The Labute approximate surface area is 150 Å². The van der Waals surface area contributed by atoms with E-state index in [4.69, 9.17) is 4.42 Å². The Morgan fingerprint density at radius 1 is 1.42 bits per heavy atom. The van der Waals surface area contributed by atoms with Crippen LogP contribution in [0, 0.1) is 5.92 Å². The first-order valence-electron chi connectivity index (χ1n) is 8.44. The number of hydrogen-bond acceptors (Lipinski definition) is 7. The van der Waals surface area contributed by atoms with Gasteiger partial charge in [-0.15, -0.1) is 5.10 Å². The van der Waals surface area contributed by atoms with E-state index in [0.717, 1.165) is 0 Å². The molecule has 10 nitrogen and oxygen atoms in total. The number of likely N-dealkylation sites (N-methyl/N-ethyl adjacent to an activating group) is 1. The van der Waals surface area contributed by atoms with Gasteiger partial charge < -0.3 is 19.7 Å². The molecule has 2 aromatic rings. The molecule has 1 aliphatic heterocycles. The van der Waals surface area contributed by atoms with Crippen molar-refractivity contribution in [2.45, 2.75) is 38.5 Å². The quantitative estimate of drug-likeness (QED) is 0.756. The molecule has 1 saturated heterocycles. The largest absolute Gasteiger partial charge is 0.443 e. The summed E-state index contributed by atoms with van der Waals surface area (Å²) in [6, 6.07) is -1.36. The van der Waals surface area contributed by atoms with E-state index in [1.807, 2.05) is 13.8 Å². The van der Waals surface area contributed by atoms with Crippen LogP contribution in [0.5, 0.6) is 0 Å². The molecule has 10 heteroatoms. The predicted octanol–water partition coefficient (Wildman–Crippen LogP) is -0.162. The van der Waals surface area contributed by atoms with Crippen molar-refractivity contribution in [3.05, 3.63) is 18.7 Å². The highest BCUT2D eigenvalue weighted by Gasteiger charge is 2.42. The molecule has 0 bridgehead atoms. The van der Waals surface area contributed by atoms with Crippen molar-refractivity contribution in [2.24, 2.45) is 5.92 Å². The van der Waals surface area contributed by atoms with Crippen LogP contribution in [0.4, 0.5) is 0 Å². The zero-order valence-corrected chi connectivity index (χ0v) is 14.9. The molecule has 140 valence electrons. The standard InChI is InChI=1S/C16H22N6O4/c1-9(2)13(22-8-11(19-20-22)15-18-4-5-26-15)16(25)21-7-10(23)6-12(21)14(24)17-3/h4-5,8-10,12-13,23H,6-7H2,1-3H3,(H,17,24)/t10?,12?,13-/m1/s1. The topological polar surface area (TPSA) is 126 Å². The lowest BCUT2D eigenvalue weighted by Crippen LogP contribution is -2.48. The third-order valence-corrected chi connectivity index (χ3v) is 4.44. The van der Waals surface area contributed by atoms with Gasteiger partial charge in [0.05, 0.1) is 18.5 Å². The Balaban J connectivity index is 1.88. The molecule has 0 radical (unpaired) electrons. The molecule has 1 aliphatic rings. The van der Waals surface area contributed by atoms with Gasteiger partial charge in [0.1, 0.15) is 18.3 Å². The van der Waals surface area contributed by atoms with Gasteiger partial charge in [0.25, 0.3) is 0 Å². The Morgan fingerprint density at radius 3 is 2.81 bits per heavy atom. The van der Waals surface area contributed by atoms with E-state index < -0.39 is 18.2 Å². The summed E-state index contributed by atoms with van der Waals surface area (Å²) in [5, 5.41) is 20.6. The molecular weight excluding hydrogens is 340 g/mol. The number of rotatable bonds is 5. The zero-order valence-electron chi connectivity index (χ0n) is 14.9. The van der Waals surface area contributed by atoms with Gasteiger partial charge in [0, 0.05) is 20.0 Å². The average molecular weight is 362 g/mol. The van der Waals surface area contributed by atoms with E-state index in [1.54, 1.807) is 6.20 Å². The Morgan fingerprint density at radius 2 is 2.19 bits per heavy atom. The first kappa shape index (κ1) is 18.1. The van der Waals surface area contributed by atoms with Crippen molar-refractivity contribution in [3.63, 3.8) is 0 Å². The maximum absolute atomic E-state index is 13.2. The number of carbonyl (C=O) groups is 2. The Hall–Kier alpha value is -2.75. The minimum absolute atomic E-state index is 0.107. The molecule has 3 rings (SSSR count). The highest BCUT2D eigenvalue weighted by molar-refractivity contribution is 5.89. The molecular formula is C16H22N6O4. The van der Waals surface area contributed by atoms with Crippen molar-refractivity contribution in [1.29, 1.82) is 0 Å². The van der Waals surface area contributed by atoms with E-state index in [9.17, 15) is 14.7 Å². The highest BCUT2D eigenvalue weighted by atomic mass is 16.3. The van der Waals surface area contributed by atoms with E-state index in [2.05, 4.69) is 20.6 Å². The summed E-state index contributed by atoms with van der Waals surface area (Å²) in [7, 11) is 1.51. The van der Waals surface area contributed by atoms with Crippen LogP contribution in [0.3, 0.4) is 0 Å². The second kappa shape index (κ2) is 7.24. The van der Waals surface area contributed by atoms with Crippen LogP contribution in [0.1, 0.15) is 26.3 Å². The van der Waals surface area contributed by atoms with Crippen molar-refractivity contribution < 1.29 is 19.1 Å². The van der Waals surface area contributed by atoms with E-state index in [1.165, 1.54) is 29.1 Å². The zero-order chi connectivity index (χ0) is 18.8. The number of amides is 2. The summed E-state index contributed by atoms with van der Waals surface area (Å²) in [6.45, 7) is 3.88. The number of carbonyl (C=O) groups excluding carboxylic acids is 2. The maximum atomic E-state index is 13.2. The Kier molecular flexibility index (Phi) is 5.03. The number of aromatic nitrogens is 4. The molecule has 0 aromatic carbocycles. The van der Waals surface area contributed by atoms with E-state index in [0.29, 0.717) is 11.6 Å². The highest BCUT2D eigenvalue weighted by Crippen LogP contribution is 2.27. The average Bonchev–Trinajstić information content (AvgIpc) is 3.33. The number of nitrogens with zero attached hydrogens (tertiary/aromatic N) is 5. The fraction of sp³-hybridized carbons (Fsp3) is 0.562. The van der Waals surface area contributed by atoms with E-state index >= 15 is 0 Å². The van der Waals surface area contributed by atoms with Gasteiger partial charge in [-0.3, -0.25) is 9.59 Å². The fourth-order valence-corrected chi connectivity index (χ4v) is 3.21. The molecule has 2 aromatic heterocycles. The monoisotopic (exact) mass is 362 g/mol. The summed E-state index contributed by atoms with van der Waals surface area (Å²) in [5.74, 6) is -0.374. The molecule has 0 spiro atoms. The summed E-state index contributed by atoms with van der Waals surface area (Å²) in [5.41, 5.74) is 0.415. The minimum atomic E-state index is -0.729. The summed E-state index contributed by atoms with van der Waals surface area (Å²) in [6.07, 6.45) is 4.01. The number of nitrogens with one attached hydrogen (secondary N) is 1. The van der Waals surface area contributed by atoms with Crippen molar-refractivity contribution in [3.8, 4) is 11.6 Å². The number of likely N-dealkylation sites (tertiary alicyclic amines) is 1. The number of hydrogen-bond donors (Lipinski definition) is 2. The number of aliphatic hydroxyl groups is 1. The van der Waals surface area contributed by atoms with Gasteiger partial charge in [-0.1, -0.05) is 19.1 Å². The number of oxazole rings is 1. The smallest absolute Gasteiger partial charge is 0.248 e. The first-order valence-corrected chi connectivity index (χ1v) is 8.44. The molecule has 3 heterocycles. The van der Waals surface area contributed by atoms with Crippen LogP contribution in [-0.4, -0.2) is 67.5 Å². The second-order valence-electron chi connectivity index (χ2n) is 6.62. The lowest BCUT2D eigenvalue weighted by molar-refractivity contribution is -0.142. The van der Waals surface area contributed by atoms with Crippen molar-refractivity contribution >= 4 is 11.8 Å². The van der Waals surface area contributed by atoms with Gasteiger partial charge in [0.15, 0.2) is 5.69 Å². The fourth-order valence-electron chi connectivity index (χ4n) is 3.21. The van der Waals surface area contributed by atoms with Crippen molar-refractivity contribution in [2.75, 3.05) is 13.6 Å². The molecule has 2 amide bonds. The molecule has 2 N–H and O–H groups in total. The van der Waals surface area contributed by atoms with Gasteiger partial charge in [-0.25, -0.2) is 9.67 Å². The summed E-state index contributed by atoms with van der Waals surface area (Å²) < 4.78 is 6.66. The van der Waals surface area contributed by atoms with Crippen LogP contribution in [-0.2, 0) is 9.59 Å². The number of aliphatic hydroxyl groups excluding tert-OH is 1. The SMILES string of the molecule is CNC(=O)C1CC(O)CN1C(=O)[C@@H](C(C)C)n1cc(-c2ncco2)nn1. The molecule has 26 heavy (non-hydrogen) atoms.